The number of nitrogens with zero attached hydrogens (tertiary/aromatic N) is 4. The molecule has 0 N–H and O–H groups in total. The molecule has 2 saturated heterocycles. The van der Waals surface area contributed by atoms with E-state index in [1.54, 1.807) is 6.07 Å². The highest BCUT2D eigenvalue weighted by atomic mass is 16.5. The SMILES string of the molecule is Cc1ccc(=O)n(CC(=O)N2CCC3(CC2)C[C@@H](N(C)c2ccccc2)CO3)n1. The second kappa shape index (κ2) is 7.99. The summed E-state index contributed by atoms with van der Waals surface area (Å²) in [5.74, 6) is -0.0593. The lowest BCUT2D eigenvalue weighted by atomic mass is 9.87. The number of piperidine rings is 1. The molecular weight excluding hydrogens is 368 g/mol. The van der Waals surface area contributed by atoms with Gasteiger partial charge in [0, 0.05) is 31.9 Å². The average molecular weight is 396 g/mol. The number of likely N-dealkylation sites (N-methyl/N-ethyl adjacent to an activating group) is 1. The molecule has 0 saturated carbocycles. The van der Waals surface area contributed by atoms with Gasteiger partial charge in [-0.25, -0.2) is 4.68 Å². The summed E-state index contributed by atoms with van der Waals surface area (Å²) in [5.41, 5.74) is 1.52. The van der Waals surface area contributed by atoms with E-state index in [1.165, 1.54) is 16.4 Å². The highest BCUT2D eigenvalue weighted by molar-refractivity contribution is 5.76. The highest BCUT2D eigenvalue weighted by Crippen LogP contribution is 2.38. The van der Waals surface area contributed by atoms with E-state index in [1.807, 2.05) is 17.9 Å². The number of para-hydroxylation sites is 1. The minimum Gasteiger partial charge on any atom is -0.373 e. The fraction of sp³-hybridized carbons (Fsp3) is 0.500. The maximum atomic E-state index is 12.7. The van der Waals surface area contributed by atoms with Gasteiger partial charge in [0.05, 0.1) is 23.9 Å². The number of rotatable bonds is 4. The van der Waals surface area contributed by atoms with Gasteiger partial charge in [-0.3, -0.25) is 9.59 Å². The Kier molecular flexibility index (Phi) is 5.41. The predicted octanol–water partition coefficient (Wildman–Crippen LogP) is 1.84. The molecule has 0 unspecified atom stereocenters. The number of carbonyl (C=O) groups is 1. The van der Waals surface area contributed by atoms with E-state index in [-0.39, 0.29) is 23.6 Å². The second-order valence-electron chi connectivity index (χ2n) is 8.15. The monoisotopic (exact) mass is 396 g/mol. The Hall–Kier alpha value is -2.67. The van der Waals surface area contributed by atoms with Gasteiger partial charge < -0.3 is 14.5 Å². The van der Waals surface area contributed by atoms with Crippen molar-refractivity contribution in [2.24, 2.45) is 0 Å². The minimum atomic E-state index is -0.247. The number of hydrogen-bond acceptors (Lipinski definition) is 5. The van der Waals surface area contributed by atoms with Crippen LogP contribution < -0.4 is 10.5 Å². The van der Waals surface area contributed by atoms with Gasteiger partial charge in [0.15, 0.2) is 0 Å². The van der Waals surface area contributed by atoms with E-state index < -0.39 is 0 Å². The van der Waals surface area contributed by atoms with E-state index in [9.17, 15) is 9.59 Å². The van der Waals surface area contributed by atoms with Crippen LogP contribution in [0.1, 0.15) is 25.0 Å². The Morgan fingerprint density at radius 3 is 2.66 bits per heavy atom. The molecule has 0 radical (unpaired) electrons. The molecule has 1 atom stereocenters. The summed E-state index contributed by atoms with van der Waals surface area (Å²) in [6, 6.07) is 13.8. The topological polar surface area (TPSA) is 67.7 Å². The standard InChI is InChI=1S/C22H28N4O3/c1-17-8-9-20(27)26(23-17)15-21(28)25-12-10-22(11-13-25)14-19(16-29-22)24(2)18-6-4-3-5-7-18/h3-9,19H,10-16H2,1-2H3/t19-/m1/s1. The van der Waals surface area contributed by atoms with Gasteiger partial charge in [-0.15, -0.1) is 0 Å². The van der Waals surface area contributed by atoms with Crippen LogP contribution in [-0.4, -0.2) is 59.0 Å². The van der Waals surface area contributed by atoms with Crippen LogP contribution in [0.25, 0.3) is 0 Å². The van der Waals surface area contributed by atoms with Crippen molar-refractivity contribution in [3.05, 3.63) is 58.5 Å². The van der Waals surface area contributed by atoms with Crippen molar-refractivity contribution >= 4 is 11.6 Å². The first-order valence-electron chi connectivity index (χ1n) is 10.2. The van der Waals surface area contributed by atoms with Crippen LogP contribution >= 0.6 is 0 Å². The van der Waals surface area contributed by atoms with Gasteiger partial charge in [0.1, 0.15) is 6.54 Å². The van der Waals surface area contributed by atoms with Crippen molar-refractivity contribution in [3.8, 4) is 0 Å². The maximum Gasteiger partial charge on any atom is 0.267 e. The Morgan fingerprint density at radius 1 is 1.21 bits per heavy atom. The Balaban J connectivity index is 1.34. The van der Waals surface area contributed by atoms with Crippen LogP contribution in [-0.2, 0) is 16.1 Å². The summed E-state index contributed by atoms with van der Waals surface area (Å²) in [5, 5.41) is 4.16. The Morgan fingerprint density at radius 2 is 1.93 bits per heavy atom. The first-order chi connectivity index (χ1) is 14.0. The van der Waals surface area contributed by atoms with Gasteiger partial charge in [-0.1, -0.05) is 18.2 Å². The molecule has 2 aromatic rings. The molecular formula is C22H28N4O3. The number of amides is 1. The molecule has 1 spiro atoms. The summed E-state index contributed by atoms with van der Waals surface area (Å²) in [6.45, 7) is 3.82. The summed E-state index contributed by atoms with van der Waals surface area (Å²) in [6.07, 6.45) is 2.63. The van der Waals surface area contributed by atoms with Crippen LogP contribution in [0, 0.1) is 6.92 Å². The van der Waals surface area contributed by atoms with E-state index >= 15 is 0 Å². The van der Waals surface area contributed by atoms with E-state index in [0.717, 1.165) is 25.0 Å². The van der Waals surface area contributed by atoms with Crippen LogP contribution in [0.2, 0.25) is 0 Å². The van der Waals surface area contributed by atoms with Crippen molar-refractivity contribution in [2.75, 3.05) is 31.6 Å². The lowest BCUT2D eigenvalue weighted by Gasteiger charge is -2.39. The summed E-state index contributed by atoms with van der Waals surface area (Å²) in [4.78, 5) is 28.7. The quantitative estimate of drug-likeness (QED) is 0.789. The predicted molar refractivity (Wildman–Crippen MR) is 111 cm³/mol. The van der Waals surface area contributed by atoms with Gasteiger partial charge >= 0.3 is 0 Å². The average Bonchev–Trinajstić information content (AvgIpc) is 3.15. The summed E-state index contributed by atoms with van der Waals surface area (Å²) >= 11 is 0. The number of carbonyl (C=O) groups excluding carboxylic acids is 1. The molecule has 154 valence electrons. The van der Waals surface area contributed by atoms with Crippen LogP contribution in [0.5, 0.6) is 0 Å². The zero-order valence-electron chi connectivity index (χ0n) is 17.1. The lowest BCUT2D eigenvalue weighted by molar-refractivity contribution is -0.136. The van der Waals surface area contributed by atoms with Crippen molar-refractivity contribution < 1.29 is 9.53 Å². The molecule has 1 aromatic carbocycles. The largest absolute Gasteiger partial charge is 0.373 e. The molecule has 29 heavy (non-hydrogen) atoms. The molecule has 1 amide bonds. The first kappa shape index (κ1) is 19.6. The third-order valence-electron chi connectivity index (χ3n) is 6.21. The summed E-state index contributed by atoms with van der Waals surface area (Å²) in [7, 11) is 2.12. The number of anilines is 1. The van der Waals surface area contributed by atoms with E-state index in [0.29, 0.717) is 25.7 Å². The number of likely N-dealkylation sites (tertiary alicyclic amines) is 1. The van der Waals surface area contributed by atoms with Gasteiger partial charge in [-0.2, -0.15) is 5.10 Å². The van der Waals surface area contributed by atoms with Crippen molar-refractivity contribution in [1.29, 1.82) is 0 Å². The first-order valence-corrected chi connectivity index (χ1v) is 10.2. The number of hydrogen-bond donors (Lipinski definition) is 0. The zero-order valence-corrected chi connectivity index (χ0v) is 17.1. The molecule has 2 fully saturated rings. The van der Waals surface area contributed by atoms with E-state index in [2.05, 4.69) is 41.3 Å². The molecule has 2 aliphatic rings. The number of aryl methyl sites for hydroxylation is 1. The normalized spacial score (nSPS) is 20.8. The van der Waals surface area contributed by atoms with E-state index in [4.69, 9.17) is 4.74 Å². The molecule has 0 bridgehead atoms. The number of aromatic nitrogens is 2. The smallest absolute Gasteiger partial charge is 0.267 e. The fourth-order valence-electron chi connectivity index (χ4n) is 4.35. The van der Waals surface area contributed by atoms with Crippen molar-refractivity contribution in [1.82, 2.24) is 14.7 Å². The van der Waals surface area contributed by atoms with Gasteiger partial charge in [0.2, 0.25) is 5.91 Å². The van der Waals surface area contributed by atoms with Crippen molar-refractivity contribution in [3.63, 3.8) is 0 Å². The lowest BCUT2D eigenvalue weighted by Crippen LogP contribution is -2.48. The van der Waals surface area contributed by atoms with Crippen LogP contribution in [0.4, 0.5) is 5.69 Å². The minimum absolute atomic E-state index is 0.00621. The zero-order chi connectivity index (χ0) is 20.4. The second-order valence-corrected chi connectivity index (χ2v) is 8.15. The molecule has 4 rings (SSSR count). The molecule has 1 aromatic heterocycles. The molecule has 2 aliphatic heterocycles. The molecule has 0 aliphatic carbocycles. The highest BCUT2D eigenvalue weighted by Gasteiger charge is 2.44. The molecule has 3 heterocycles. The number of benzene rings is 1. The van der Waals surface area contributed by atoms with Crippen LogP contribution in [0.3, 0.4) is 0 Å². The van der Waals surface area contributed by atoms with Crippen molar-refractivity contribution in [2.45, 2.75) is 44.4 Å². The molecule has 7 nitrogen and oxygen atoms in total. The summed E-state index contributed by atoms with van der Waals surface area (Å²) < 4.78 is 7.52. The maximum absolute atomic E-state index is 12.7. The third-order valence-corrected chi connectivity index (χ3v) is 6.21. The third kappa shape index (κ3) is 4.19. The van der Waals surface area contributed by atoms with Gasteiger partial charge in [-0.05, 0) is 44.4 Å². The fourth-order valence-corrected chi connectivity index (χ4v) is 4.35. The van der Waals surface area contributed by atoms with Crippen LogP contribution in [0.15, 0.2) is 47.3 Å². The van der Waals surface area contributed by atoms with Gasteiger partial charge in [0.25, 0.3) is 5.56 Å². The Labute approximate surface area is 170 Å². The number of ether oxygens (including phenoxy) is 1. The Bertz CT molecular complexity index is 919. The molecule has 7 heteroatoms.